The maximum atomic E-state index is 11.9. The van der Waals surface area contributed by atoms with Crippen molar-refractivity contribution in [1.29, 1.82) is 0 Å². The molecule has 0 radical (unpaired) electrons. The lowest BCUT2D eigenvalue weighted by Gasteiger charge is -2.05. The van der Waals surface area contributed by atoms with Crippen LogP contribution in [0.3, 0.4) is 0 Å². The number of nitrogens with one attached hydrogen (secondary N) is 1. The summed E-state index contributed by atoms with van der Waals surface area (Å²) in [4.78, 5) is 11.9. The van der Waals surface area contributed by atoms with E-state index < -0.39 is 0 Å². The Balaban J connectivity index is 2.00. The fourth-order valence-corrected chi connectivity index (χ4v) is 1.92. The second kappa shape index (κ2) is 6.71. The molecule has 1 N–H and O–H groups in total. The van der Waals surface area contributed by atoms with Gasteiger partial charge < -0.3 is 5.32 Å². The van der Waals surface area contributed by atoms with Gasteiger partial charge in [-0.2, -0.15) is 0 Å². The van der Waals surface area contributed by atoms with E-state index in [1.807, 2.05) is 49.4 Å². The second-order valence-corrected chi connectivity index (χ2v) is 4.73. The zero-order valence-electron chi connectivity index (χ0n) is 11.9. The lowest BCUT2D eigenvalue weighted by molar-refractivity contribution is -0.111. The van der Waals surface area contributed by atoms with Gasteiger partial charge in [0.25, 0.3) is 0 Å². The van der Waals surface area contributed by atoms with Crippen molar-refractivity contribution < 1.29 is 4.79 Å². The van der Waals surface area contributed by atoms with Crippen LogP contribution in [0.4, 0.5) is 5.69 Å². The fraction of sp³-hybridized carbons (Fsp3) is 0.167. The van der Waals surface area contributed by atoms with E-state index in [4.69, 9.17) is 0 Å². The van der Waals surface area contributed by atoms with Gasteiger partial charge in [-0.05, 0) is 42.2 Å². The summed E-state index contributed by atoms with van der Waals surface area (Å²) in [5.74, 6) is -0.112. The first-order valence-corrected chi connectivity index (χ1v) is 6.82. The minimum absolute atomic E-state index is 0.112. The standard InChI is InChI=1S/C18H19NO/c1-3-15-8-10-16(11-9-15)12-13-18(20)19-17-7-5-4-6-14(17)2/h4-13H,3H2,1-2H3,(H,19,20)/b13-12+. The van der Waals surface area contributed by atoms with Gasteiger partial charge in [-0.1, -0.05) is 49.4 Å². The number of carbonyl (C=O) groups excluding carboxylic acids is 1. The van der Waals surface area contributed by atoms with Crippen LogP contribution in [0.2, 0.25) is 0 Å². The van der Waals surface area contributed by atoms with Gasteiger partial charge in [0.15, 0.2) is 0 Å². The number of hydrogen-bond acceptors (Lipinski definition) is 1. The van der Waals surface area contributed by atoms with Crippen LogP contribution in [0, 0.1) is 6.92 Å². The molecule has 2 aromatic carbocycles. The largest absolute Gasteiger partial charge is 0.322 e. The molecule has 0 aromatic heterocycles. The predicted molar refractivity (Wildman–Crippen MR) is 84.7 cm³/mol. The molecular weight excluding hydrogens is 246 g/mol. The molecular formula is C18H19NO. The lowest BCUT2D eigenvalue weighted by Crippen LogP contribution is -2.08. The Hall–Kier alpha value is -2.35. The third-order valence-corrected chi connectivity index (χ3v) is 3.22. The summed E-state index contributed by atoms with van der Waals surface area (Å²) in [5, 5.41) is 2.88. The molecule has 102 valence electrons. The monoisotopic (exact) mass is 265 g/mol. The number of para-hydroxylation sites is 1. The normalized spacial score (nSPS) is 10.7. The van der Waals surface area contributed by atoms with Crippen molar-refractivity contribution in [3.8, 4) is 0 Å². The number of benzene rings is 2. The summed E-state index contributed by atoms with van der Waals surface area (Å²) >= 11 is 0. The molecule has 0 saturated carbocycles. The van der Waals surface area contributed by atoms with Crippen LogP contribution in [-0.2, 0) is 11.2 Å². The minimum Gasteiger partial charge on any atom is -0.322 e. The zero-order chi connectivity index (χ0) is 14.4. The number of aryl methyl sites for hydroxylation is 2. The van der Waals surface area contributed by atoms with Crippen LogP contribution in [0.15, 0.2) is 54.6 Å². The maximum Gasteiger partial charge on any atom is 0.248 e. The van der Waals surface area contributed by atoms with E-state index in [9.17, 15) is 4.79 Å². The van der Waals surface area contributed by atoms with Gasteiger partial charge in [0.1, 0.15) is 0 Å². The van der Waals surface area contributed by atoms with Gasteiger partial charge in [0.2, 0.25) is 5.91 Å². The van der Waals surface area contributed by atoms with Crippen LogP contribution in [0.5, 0.6) is 0 Å². The highest BCUT2D eigenvalue weighted by molar-refractivity contribution is 6.02. The van der Waals surface area contributed by atoms with Crippen LogP contribution < -0.4 is 5.32 Å². The van der Waals surface area contributed by atoms with Crippen LogP contribution in [0.1, 0.15) is 23.6 Å². The molecule has 0 aliphatic heterocycles. The van der Waals surface area contributed by atoms with Gasteiger partial charge in [-0.3, -0.25) is 4.79 Å². The highest BCUT2D eigenvalue weighted by Gasteiger charge is 2.00. The van der Waals surface area contributed by atoms with Crippen molar-refractivity contribution in [3.63, 3.8) is 0 Å². The molecule has 2 aromatic rings. The Labute approximate surface area is 120 Å². The van der Waals surface area contributed by atoms with Crippen molar-refractivity contribution in [2.75, 3.05) is 5.32 Å². The molecule has 0 heterocycles. The lowest BCUT2D eigenvalue weighted by atomic mass is 10.1. The summed E-state index contributed by atoms with van der Waals surface area (Å²) in [6.07, 6.45) is 4.41. The van der Waals surface area contributed by atoms with Gasteiger partial charge in [0, 0.05) is 11.8 Å². The highest BCUT2D eigenvalue weighted by atomic mass is 16.1. The first kappa shape index (κ1) is 14.1. The van der Waals surface area contributed by atoms with E-state index in [0.29, 0.717) is 0 Å². The molecule has 0 aliphatic carbocycles. The van der Waals surface area contributed by atoms with E-state index >= 15 is 0 Å². The smallest absolute Gasteiger partial charge is 0.248 e. The van der Waals surface area contributed by atoms with Crippen molar-refractivity contribution in [1.82, 2.24) is 0 Å². The molecule has 0 saturated heterocycles. The molecule has 0 atom stereocenters. The van der Waals surface area contributed by atoms with E-state index in [1.165, 1.54) is 5.56 Å². The van der Waals surface area contributed by atoms with Crippen molar-refractivity contribution in [2.24, 2.45) is 0 Å². The van der Waals surface area contributed by atoms with Gasteiger partial charge >= 0.3 is 0 Å². The Bertz CT molecular complexity index is 612. The minimum atomic E-state index is -0.112. The molecule has 1 amide bonds. The predicted octanol–water partition coefficient (Wildman–Crippen LogP) is 4.21. The number of anilines is 1. The van der Waals surface area contributed by atoms with Gasteiger partial charge in [-0.25, -0.2) is 0 Å². The number of hydrogen-bond donors (Lipinski definition) is 1. The van der Waals surface area contributed by atoms with Gasteiger partial charge in [-0.15, -0.1) is 0 Å². The molecule has 2 heteroatoms. The summed E-state index contributed by atoms with van der Waals surface area (Å²) in [6, 6.07) is 16.0. The SMILES string of the molecule is CCc1ccc(/C=C/C(=O)Nc2ccccc2C)cc1. The number of carbonyl (C=O) groups is 1. The molecule has 2 nitrogen and oxygen atoms in total. The molecule has 20 heavy (non-hydrogen) atoms. The third kappa shape index (κ3) is 3.82. The summed E-state index contributed by atoms with van der Waals surface area (Å²) in [6.45, 7) is 4.10. The molecule has 0 aliphatic rings. The zero-order valence-corrected chi connectivity index (χ0v) is 11.9. The fourth-order valence-electron chi connectivity index (χ4n) is 1.92. The number of rotatable bonds is 4. The van der Waals surface area contributed by atoms with E-state index in [-0.39, 0.29) is 5.91 Å². The second-order valence-electron chi connectivity index (χ2n) is 4.73. The van der Waals surface area contributed by atoms with Crippen LogP contribution >= 0.6 is 0 Å². The molecule has 2 rings (SSSR count). The van der Waals surface area contributed by atoms with Crippen molar-refractivity contribution >= 4 is 17.7 Å². The van der Waals surface area contributed by atoms with E-state index in [0.717, 1.165) is 23.2 Å². The van der Waals surface area contributed by atoms with Crippen LogP contribution in [-0.4, -0.2) is 5.91 Å². The molecule has 0 bridgehead atoms. The Morgan fingerprint density at radius 3 is 2.45 bits per heavy atom. The molecule has 0 spiro atoms. The average Bonchev–Trinajstić information content (AvgIpc) is 2.48. The highest BCUT2D eigenvalue weighted by Crippen LogP contribution is 2.13. The number of amides is 1. The first-order chi connectivity index (χ1) is 9.69. The van der Waals surface area contributed by atoms with Crippen molar-refractivity contribution in [3.05, 3.63) is 71.3 Å². The Morgan fingerprint density at radius 1 is 1.10 bits per heavy atom. The molecule has 0 fully saturated rings. The van der Waals surface area contributed by atoms with Gasteiger partial charge in [0.05, 0.1) is 0 Å². The average molecular weight is 265 g/mol. The van der Waals surface area contributed by atoms with E-state index in [1.54, 1.807) is 6.08 Å². The maximum absolute atomic E-state index is 11.9. The summed E-state index contributed by atoms with van der Waals surface area (Å²) < 4.78 is 0. The topological polar surface area (TPSA) is 29.1 Å². The summed E-state index contributed by atoms with van der Waals surface area (Å²) in [7, 11) is 0. The van der Waals surface area contributed by atoms with E-state index in [2.05, 4.69) is 24.4 Å². The quantitative estimate of drug-likeness (QED) is 0.824. The Kier molecular flexibility index (Phi) is 4.72. The summed E-state index contributed by atoms with van der Waals surface area (Å²) in [5.41, 5.74) is 4.23. The Morgan fingerprint density at radius 2 is 1.80 bits per heavy atom. The molecule has 0 unspecified atom stereocenters. The van der Waals surface area contributed by atoms with Crippen LogP contribution in [0.25, 0.3) is 6.08 Å². The van der Waals surface area contributed by atoms with Crippen molar-refractivity contribution in [2.45, 2.75) is 20.3 Å². The first-order valence-electron chi connectivity index (χ1n) is 6.82. The third-order valence-electron chi connectivity index (χ3n) is 3.22.